The summed E-state index contributed by atoms with van der Waals surface area (Å²) >= 11 is 13.7. The summed E-state index contributed by atoms with van der Waals surface area (Å²) in [4.78, 5) is 29.5. The van der Waals surface area contributed by atoms with E-state index in [2.05, 4.69) is 5.32 Å². The van der Waals surface area contributed by atoms with E-state index in [-0.39, 0.29) is 11.8 Å². The standard InChI is InChI=1S/C28H30Cl2N2O2S/c1-2-31-28(34)26(19-21-7-4-3-5-8-21)32(20-22-10-12-23(29)13-11-22)27(33)9-6-18-35-25-16-14-24(30)15-17-25/h3-5,7-8,10-17,26H,2,6,9,18-20H2,1H3,(H,31,34)/t26-/m1/s1. The molecule has 1 atom stereocenters. The Hall–Kier alpha value is -2.47. The fraction of sp³-hybridized carbons (Fsp3) is 0.286. The normalized spacial score (nSPS) is 11.6. The highest BCUT2D eigenvalue weighted by Gasteiger charge is 2.29. The molecule has 4 nitrogen and oxygen atoms in total. The number of nitrogens with one attached hydrogen (secondary N) is 1. The Balaban J connectivity index is 1.75. The van der Waals surface area contributed by atoms with Gasteiger partial charge in [-0.25, -0.2) is 0 Å². The maximum atomic E-state index is 13.5. The van der Waals surface area contributed by atoms with E-state index in [4.69, 9.17) is 23.2 Å². The molecule has 1 N–H and O–H groups in total. The zero-order chi connectivity index (χ0) is 25.0. The van der Waals surface area contributed by atoms with Gasteiger partial charge in [-0.15, -0.1) is 11.8 Å². The third-order valence-electron chi connectivity index (χ3n) is 5.51. The number of thioether (sulfide) groups is 1. The molecule has 3 aromatic rings. The van der Waals surface area contributed by atoms with Gasteiger partial charge >= 0.3 is 0 Å². The fourth-order valence-electron chi connectivity index (χ4n) is 3.72. The largest absolute Gasteiger partial charge is 0.355 e. The molecule has 35 heavy (non-hydrogen) atoms. The Morgan fingerprint density at radius 3 is 2.14 bits per heavy atom. The highest BCUT2D eigenvalue weighted by molar-refractivity contribution is 7.99. The van der Waals surface area contributed by atoms with Crippen molar-refractivity contribution in [3.05, 3.63) is 100 Å². The van der Waals surface area contributed by atoms with Crippen LogP contribution in [0.15, 0.2) is 83.8 Å². The van der Waals surface area contributed by atoms with Crippen LogP contribution in [0, 0.1) is 0 Å². The third-order valence-corrected chi connectivity index (χ3v) is 7.11. The molecule has 184 valence electrons. The number of hydrogen-bond donors (Lipinski definition) is 1. The van der Waals surface area contributed by atoms with Crippen LogP contribution in [0.2, 0.25) is 10.0 Å². The fourth-order valence-corrected chi connectivity index (χ4v) is 4.83. The average Bonchev–Trinajstić information content (AvgIpc) is 2.87. The van der Waals surface area contributed by atoms with Crippen molar-refractivity contribution >= 4 is 46.8 Å². The van der Waals surface area contributed by atoms with E-state index in [0.717, 1.165) is 21.8 Å². The topological polar surface area (TPSA) is 49.4 Å². The van der Waals surface area contributed by atoms with Crippen molar-refractivity contribution in [2.24, 2.45) is 0 Å². The molecule has 3 aromatic carbocycles. The zero-order valence-electron chi connectivity index (χ0n) is 19.8. The Morgan fingerprint density at radius 1 is 0.886 bits per heavy atom. The lowest BCUT2D eigenvalue weighted by atomic mass is 10.0. The van der Waals surface area contributed by atoms with Gasteiger partial charge in [-0.2, -0.15) is 0 Å². The van der Waals surface area contributed by atoms with Gasteiger partial charge in [0.2, 0.25) is 11.8 Å². The molecule has 0 saturated heterocycles. The second-order valence-electron chi connectivity index (χ2n) is 8.15. The van der Waals surface area contributed by atoms with Crippen LogP contribution in [0.3, 0.4) is 0 Å². The molecule has 2 amide bonds. The predicted octanol–water partition coefficient (Wildman–Crippen LogP) is 6.64. The summed E-state index contributed by atoms with van der Waals surface area (Å²) in [6, 6.07) is 24.3. The second kappa shape index (κ2) is 14.2. The van der Waals surface area contributed by atoms with Gasteiger partial charge in [0.1, 0.15) is 6.04 Å². The van der Waals surface area contributed by atoms with Gasteiger partial charge in [0.25, 0.3) is 0 Å². The molecule has 0 bridgehead atoms. The predicted molar refractivity (Wildman–Crippen MR) is 146 cm³/mol. The molecule has 0 aliphatic carbocycles. The van der Waals surface area contributed by atoms with Crippen LogP contribution < -0.4 is 5.32 Å². The SMILES string of the molecule is CCNC(=O)[C@@H](Cc1ccccc1)N(Cc1ccc(Cl)cc1)C(=O)CCCSc1ccc(Cl)cc1. The number of benzene rings is 3. The van der Waals surface area contributed by atoms with Crippen LogP contribution in [-0.4, -0.2) is 35.1 Å². The van der Waals surface area contributed by atoms with Crippen LogP contribution in [0.25, 0.3) is 0 Å². The van der Waals surface area contributed by atoms with E-state index in [9.17, 15) is 9.59 Å². The summed E-state index contributed by atoms with van der Waals surface area (Å²) < 4.78 is 0. The highest BCUT2D eigenvalue weighted by Crippen LogP contribution is 2.23. The maximum absolute atomic E-state index is 13.5. The Kier molecular flexibility index (Phi) is 11.0. The monoisotopic (exact) mass is 528 g/mol. The number of amides is 2. The van der Waals surface area contributed by atoms with Gasteiger partial charge in [-0.05, 0) is 66.6 Å². The lowest BCUT2D eigenvalue weighted by Crippen LogP contribution is -2.50. The number of likely N-dealkylation sites (N-methyl/N-ethyl adjacent to an activating group) is 1. The van der Waals surface area contributed by atoms with E-state index >= 15 is 0 Å². The van der Waals surface area contributed by atoms with E-state index in [1.54, 1.807) is 28.8 Å². The number of carbonyl (C=O) groups excluding carboxylic acids is 2. The number of halogens is 2. The second-order valence-corrected chi connectivity index (χ2v) is 10.2. The third kappa shape index (κ3) is 8.92. The van der Waals surface area contributed by atoms with Crippen molar-refractivity contribution < 1.29 is 9.59 Å². The quantitative estimate of drug-likeness (QED) is 0.211. The van der Waals surface area contributed by atoms with Gasteiger partial charge in [0.15, 0.2) is 0 Å². The molecule has 0 aliphatic heterocycles. The van der Waals surface area contributed by atoms with E-state index in [0.29, 0.717) is 42.4 Å². The van der Waals surface area contributed by atoms with Crippen molar-refractivity contribution in [1.29, 1.82) is 0 Å². The molecule has 0 fully saturated rings. The Morgan fingerprint density at radius 2 is 1.51 bits per heavy atom. The van der Waals surface area contributed by atoms with Crippen LogP contribution >= 0.6 is 35.0 Å². The van der Waals surface area contributed by atoms with Crippen LogP contribution in [0.4, 0.5) is 0 Å². The average molecular weight is 530 g/mol. The zero-order valence-corrected chi connectivity index (χ0v) is 22.1. The lowest BCUT2D eigenvalue weighted by molar-refractivity contribution is -0.141. The number of rotatable bonds is 12. The van der Waals surface area contributed by atoms with Gasteiger partial charge in [-0.1, -0.05) is 65.7 Å². The molecule has 0 spiro atoms. The molecule has 0 aromatic heterocycles. The lowest BCUT2D eigenvalue weighted by Gasteiger charge is -2.31. The van der Waals surface area contributed by atoms with Gasteiger partial charge in [0.05, 0.1) is 0 Å². The molecular weight excluding hydrogens is 499 g/mol. The Bertz CT molecular complexity index is 1080. The summed E-state index contributed by atoms with van der Waals surface area (Å²) in [5.74, 6) is 0.616. The smallest absolute Gasteiger partial charge is 0.243 e. The highest BCUT2D eigenvalue weighted by atomic mass is 35.5. The first kappa shape index (κ1) is 27.1. The van der Waals surface area contributed by atoms with Gasteiger partial charge in [-0.3, -0.25) is 9.59 Å². The molecule has 0 heterocycles. The van der Waals surface area contributed by atoms with Crippen LogP contribution in [-0.2, 0) is 22.6 Å². The molecule has 7 heteroatoms. The molecule has 3 rings (SSSR count). The van der Waals surface area contributed by atoms with E-state index in [1.807, 2.05) is 73.7 Å². The minimum Gasteiger partial charge on any atom is -0.355 e. The summed E-state index contributed by atoms with van der Waals surface area (Å²) in [6.45, 7) is 2.73. The minimum atomic E-state index is -0.607. The first-order valence-corrected chi connectivity index (χ1v) is 13.4. The van der Waals surface area contributed by atoms with Gasteiger partial charge in [0, 0.05) is 40.9 Å². The summed E-state index contributed by atoms with van der Waals surface area (Å²) in [7, 11) is 0. The first-order valence-electron chi connectivity index (χ1n) is 11.7. The van der Waals surface area contributed by atoms with E-state index in [1.165, 1.54) is 0 Å². The van der Waals surface area contributed by atoms with Crippen LogP contribution in [0.1, 0.15) is 30.9 Å². The number of nitrogens with zero attached hydrogens (tertiary/aromatic N) is 1. The summed E-state index contributed by atoms with van der Waals surface area (Å²) in [5.41, 5.74) is 1.94. The van der Waals surface area contributed by atoms with Crippen molar-refractivity contribution in [1.82, 2.24) is 10.2 Å². The minimum absolute atomic E-state index is 0.0381. The molecule has 0 radical (unpaired) electrons. The number of carbonyl (C=O) groups is 2. The molecular formula is C28H30Cl2N2O2S. The van der Waals surface area contributed by atoms with E-state index < -0.39 is 6.04 Å². The Labute approximate surface area is 222 Å². The first-order chi connectivity index (χ1) is 17.0. The molecule has 0 saturated carbocycles. The van der Waals surface area contributed by atoms with Crippen molar-refractivity contribution in [3.8, 4) is 0 Å². The maximum Gasteiger partial charge on any atom is 0.243 e. The molecule has 0 aliphatic rings. The van der Waals surface area contributed by atoms with Crippen molar-refractivity contribution in [3.63, 3.8) is 0 Å². The van der Waals surface area contributed by atoms with Crippen molar-refractivity contribution in [2.45, 2.75) is 43.7 Å². The summed E-state index contributed by atoms with van der Waals surface area (Å²) in [6.07, 6.45) is 1.51. The summed E-state index contributed by atoms with van der Waals surface area (Å²) in [5, 5.41) is 4.26. The number of hydrogen-bond acceptors (Lipinski definition) is 3. The van der Waals surface area contributed by atoms with Gasteiger partial charge < -0.3 is 10.2 Å². The molecule has 0 unspecified atom stereocenters. The van der Waals surface area contributed by atoms with Crippen molar-refractivity contribution in [2.75, 3.05) is 12.3 Å². The van der Waals surface area contributed by atoms with Crippen LogP contribution in [0.5, 0.6) is 0 Å².